The van der Waals surface area contributed by atoms with Crippen LogP contribution in [0.5, 0.6) is 0 Å². The number of hydrogen-bond donors (Lipinski definition) is 1. The zero-order chi connectivity index (χ0) is 10.6. The minimum Gasteiger partial charge on any atom is -0.350 e. The summed E-state index contributed by atoms with van der Waals surface area (Å²) in [7, 11) is 0. The second kappa shape index (κ2) is 5.15. The van der Waals surface area contributed by atoms with Crippen molar-refractivity contribution in [1.82, 2.24) is 10.2 Å². The van der Waals surface area contributed by atoms with Crippen LogP contribution >= 0.6 is 0 Å². The molecule has 0 radical (unpaired) electrons. The van der Waals surface area contributed by atoms with E-state index >= 15 is 0 Å². The molecule has 0 aliphatic carbocycles. The van der Waals surface area contributed by atoms with Gasteiger partial charge < -0.3 is 5.32 Å². The van der Waals surface area contributed by atoms with Crippen molar-refractivity contribution in [1.29, 1.82) is 0 Å². The van der Waals surface area contributed by atoms with Gasteiger partial charge in [-0.1, -0.05) is 13.0 Å². The SMILES string of the molecule is CCN1CC=C(C(C)NC(C)=O)CC1. The predicted octanol–water partition coefficient (Wildman–Crippen LogP) is 1.16. The van der Waals surface area contributed by atoms with E-state index < -0.39 is 0 Å². The molecule has 1 N–H and O–H groups in total. The Labute approximate surface area is 86.2 Å². The number of likely N-dealkylation sites (N-methyl/N-ethyl adjacent to an activating group) is 1. The molecule has 1 rings (SSSR count). The monoisotopic (exact) mass is 196 g/mol. The fourth-order valence-corrected chi connectivity index (χ4v) is 1.81. The first-order valence-electron chi connectivity index (χ1n) is 5.32. The van der Waals surface area contributed by atoms with Gasteiger partial charge in [-0.15, -0.1) is 0 Å². The number of nitrogens with one attached hydrogen (secondary N) is 1. The van der Waals surface area contributed by atoms with Gasteiger partial charge in [-0.3, -0.25) is 9.69 Å². The predicted molar refractivity (Wildman–Crippen MR) is 58.1 cm³/mol. The Kier molecular flexibility index (Phi) is 4.14. The van der Waals surface area contributed by atoms with Crippen molar-refractivity contribution >= 4 is 5.91 Å². The first-order chi connectivity index (χ1) is 6.63. The second-order valence-electron chi connectivity index (χ2n) is 3.84. The van der Waals surface area contributed by atoms with Crippen LogP contribution in [0.25, 0.3) is 0 Å². The molecule has 3 heteroatoms. The van der Waals surface area contributed by atoms with Gasteiger partial charge in [0.1, 0.15) is 0 Å². The summed E-state index contributed by atoms with van der Waals surface area (Å²) in [5.74, 6) is 0.0521. The van der Waals surface area contributed by atoms with Crippen LogP contribution in [0.1, 0.15) is 27.2 Å². The summed E-state index contributed by atoms with van der Waals surface area (Å²) in [6.07, 6.45) is 3.32. The highest BCUT2D eigenvalue weighted by molar-refractivity contribution is 5.73. The van der Waals surface area contributed by atoms with Crippen LogP contribution in [0.4, 0.5) is 0 Å². The van der Waals surface area contributed by atoms with Crippen LogP contribution in [0.3, 0.4) is 0 Å². The van der Waals surface area contributed by atoms with Crippen LogP contribution in [0, 0.1) is 0 Å². The number of carbonyl (C=O) groups is 1. The highest BCUT2D eigenvalue weighted by atomic mass is 16.1. The second-order valence-corrected chi connectivity index (χ2v) is 3.84. The largest absolute Gasteiger partial charge is 0.350 e. The van der Waals surface area contributed by atoms with Crippen molar-refractivity contribution in [3.63, 3.8) is 0 Å². The lowest BCUT2D eigenvalue weighted by atomic mass is 10.0. The fourth-order valence-electron chi connectivity index (χ4n) is 1.81. The van der Waals surface area contributed by atoms with Crippen LogP contribution < -0.4 is 5.32 Å². The number of rotatable bonds is 3. The Balaban J connectivity index is 2.46. The van der Waals surface area contributed by atoms with E-state index in [1.807, 2.05) is 0 Å². The van der Waals surface area contributed by atoms with Crippen LogP contribution in [-0.2, 0) is 4.79 Å². The molecule has 0 fully saturated rings. The van der Waals surface area contributed by atoms with Crippen molar-refractivity contribution in [2.45, 2.75) is 33.2 Å². The molecule has 0 aromatic heterocycles. The van der Waals surface area contributed by atoms with Gasteiger partial charge in [-0.2, -0.15) is 0 Å². The van der Waals surface area contributed by atoms with Gasteiger partial charge in [0.05, 0.1) is 0 Å². The third-order valence-corrected chi connectivity index (χ3v) is 2.75. The van der Waals surface area contributed by atoms with Gasteiger partial charge in [0.2, 0.25) is 5.91 Å². The van der Waals surface area contributed by atoms with Crippen molar-refractivity contribution in [2.75, 3.05) is 19.6 Å². The molecule has 0 saturated heterocycles. The summed E-state index contributed by atoms with van der Waals surface area (Å²) in [6.45, 7) is 9.05. The zero-order valence-corrected chi connectivity index (χ0v) is 9.34. The molecule has 0 saturated carbocycles. The van der Waals surface area contributed by atoms with E-state index in [-0.39, 0.29) is 11.9 Å². The molecule has 1 aliphatic heterocycles. The van der Waals surface area contributed by atoms with Crippen LogP contribution in [0.15, 0.2) is 11.6 Å². The van der Waals surface area contributed by atoms with Gasteiger partial charge in [-0.25, -0.2) is 0 Å². The Hall–Kier alpha value is -0.830. The van der Waals surface area contributed by atoms with Crippen molar-refractivity contribution in [2.24, 2.45) is 0 Å². The summed E-state index contributed by atoms with van der Waals surface area (Å²) in [5, 5.41) is 2.92. The lowest BCUT2D eigenvalue weighted by Gasteiger charge is -2.27. The summed E-state index contributed by atoms with van der Waals surface area (Å²) in [6, 6.07) is 0.200. The van der Waals surface area contributed by atoms with Crippen LogP contribution in [0.2, 0.25) is 0 Å². The highest BCUT2D eigenvalue weighted by Crippen LogP contribution is 2.13. The third kappa shape index (κ3) is 3.14. The van der Waals surface area contributed by atoms with E-state index in [1.165, 1.54) is 5.57 Å². The first kappa shape index (κ1) is 11.2. The van der Waals surface area contributed by atoms with Gasteiger partial charge in [0.15, 0.2) is 0 Å². The minimum atomic E-state index is 0.0521. The molecule has 1 amide bonds. The van der Waals surface area contributed by atoms with Crippen LogP contribution in [-0.4, -0.2) is 36.5 Å². The fraction of sp³-hybridized carbons (Fsp3) is 0.727. The minimum absolute atomic E-state index is 0.0521. The molecule has 14 heavy (non-hydrogen) atoms. The number of nitrogens with zero attached hydrogens (tertiary/aromatic N) is 1. The molecule has 1 aliphatic rings. The van der Waals surface area contributed by atoms with E-state index in [1.54, 1.807) is 6.92 Å². The summed E-state index contributed by atoms with van der Waals surface area (Å²) in [5.41, 5.74) is 1.37. The number of amides is 1. The first-order valence-corrected chi connectivity index (χ1v) is 5.32. The van der Waals surface area contributed by atoms with Crippen molar-refractivity contribution in [3.8, 4) is 0 Å². The molecule has 0 aromatic carbocycles. The standard InChI is InChI=1S/C11H20N2O/c1-4-13-7-5-11(6-8-13)9(2)12-10(3)14/h5,9H,4,6-8H2,1-3H3,(H,12,14). The van der Waals surface area contributed by atoms with E-state index in [0.717, 1.165) is 26.1 Å². The maximum Gasteiger partial charge on any atom is 0.217 e. The van der Waals surface area contributed by atoms with Crippen molar-refractivity contribution < 1.29 is 4.79 Å². The third-order valence-electron chi connectivity index (χ3n) is 2.75. The molecule has 1 unspecified atom stereocenters. The van der Waals surface area contributed by atoms with Gasteiger partial charge in [0.25, 0.3) is 0 Å². The average Bonchev–Trinajstić information content (AvgIpc) is 2.17. The lowest BCUT2D eigenvalue weighted by Crippen LogP contribution is -2.36. The average molecular weight is 196 g/mol. The molecule has 0 bridgehead atoms. The Morgan fingerprint density at radius 2 is 2.43 bits per heavy atom. The van der Waals surface area contributed by atoms with E-state index in [2.05, 4.69) is 30.1 Å². The maximum absolute atomic E-state index is 10.9. The molecular formula is C11H20N2O. The van der Waals surface area contributed by atoms with E-state index in [0.29, 0.717) is 0 Å². The van der Waals surface area contributed by atoms with Gasteiger partial charge in [-0.05, 0) is 25.5 Å². The quantitative estimate of drug-likeness (QED) is 0.687. The smallest absolute Gasteiger partial charge is 0.217 e. The topological polar surface area (TPSA) is 32.3 Å². The molecule has 0 aromatic rings. The molecule has 0 spiro atoms. The maximum atomic E-state index is 10.9. The molecule has 1 heterocycles. The Morgan fingerprint density at radius 3 is 2.86 bits per heavy atom. The summed E-state index contributed by atoms with van der Waals surface area (Å²) < 4.78 is 0. The van der Waals surface area contributed by atoms with E-state index in [9.17, 15) is 4.79 Å². The lowest BCUT2D eigenvalue weighted by molar-refractivity contribution is -0.119. The highest BCUT2D eigenvalue weighted by Gasteiger charge is 2.15. The van der Waals surface area contributed by atoms with Gasteiger partial charge >= 0.3 is 0 Å². The number of hydrogen-bond acceptors (Lipinski definition) is 2. The normalized spacial score (nSPS) is 20.1. The Morgan fingerprint density at radius 1 is 1.71 bits per heavy atom. The zero-order valence-electron chi connectivity index (χ0n) is 9.34. The summed E-state index contributed by atoms with van der Waals surface area (Å²) in [4.78, 5) is 13.3. The van der Waals surface area contributed by atoms with Gasteiger partial charge in [0, 0.05) is 26.1 Å². The molecule has 3 nitrogen and oxygen atoms in total. The number of carbonyl (C=O) groups excluding carboxylic acids is 1. The molecular weight excluding hydrogens is 176 g/mol. The molecule has 80 valence electrons. The van der Waals surface area contributed by atoms with E-state index in [4.69, 9.17) is 0 Å². The summed E-state index contributed by atoms with van der Waals surface area (Å²) >= 11 is 0. The Bertz CT molecular complexity index is 235. The molecule has 1 atom stereocenters. The van der Waals surface area contributed by atoms with Crippen molar-refractivity contribution in [3.05, 3.63) is 11.6 Å².